The van der Waals surface area contributed by atoms with Gasteiger partial charge in [-0.25, -0.2) is 0 Å². The second-order valence-electron chi connectivity index (χ2n) is 5.96. The van der Waals surface area contributed by atoms with Crippen LogP contribution in [0.25, 0.3) is 0 Å². The van der Waals surface area contributed by atoms with Gasteiger partial charge in [0.25, 0.3) is 0 Å². The topological polar surface area (TPSA) is 71.1 Å². The molecule has 1 rings (SSSR count). The molecule has 0 radical (unpaired) electrons. The molecular formula is C14H23BO6. The van der Waals surface area contributed by atoms with Gasteiger partial charge in [0.15, 0.2) is 5.92 Å². The van der Waals surface area contributed by atoms with Gasteiger partial charge in [-0.2, -0.15) is 0 Å². The van der Waals surface area contributed by atoms with E-state index >= 15 is 0 Å². The van der Waals surface area contributed by atoms with Crippen molar-refractivity contribution in [3.63, 3.8) is 0 Å². The maximum Gasteiger partial charge on any atom is 0.466 e. The lowest BCUT2D eigenvalue weighted by molar-refractivity contribution is -0.158. The normalized spacial score (nSPS) is 21.0. The van der Waals surface area contributed by atoms with E-state index in [4.69, 9.17) is 9.31 Å². The summed E-state index contributed by atoms with van der Waals surface area (Å²) in [6.07, 6.45) is 1.46. The number of carbonyl (C=O) groups is 2. The predicted octanol–water partition coefficient (Wildman–Crippen LogP) is 1.60. The molecule has 0 saturated carbocycles. The summed E-state index contributed by atoms with van der Waals surface area (Å²) < 4.78 is 21.1. The fourth-order valence-electron chi connectivity index (χ4n) is 2.11. The van der Waals surface area contributed by atoms with E-state index in [0.29, 0.717) is 0 Å². The molecule has 1 atom stereocenters. The van der Waals surface area contributed by atoms with Crippen molar-refractivity contribution in [2.24, 2.45) is 5.92 Å². The number of rotatable bonds is 5. The van der Waals surface area contributed by atoms with Gasteiger partial charge in [0.2, 0.25) is 0 Å². The number of allylic oxidation sites excluding steroid dienone is 1. The Balaban J connectivity index is 3.09. The third kappa shape index (κ3) is 3.29. The summed E-state index contributed by atoms with van der Waals surface area (Å²) in [6.45, 7) is 11.2. The van der Waals surface area contributed by atoms with Crippen LogP contribution in [0, 0.1) is 5.92 Å². The molecule has 6 nitrogen and oxygen atoms in total. The maximum atomic E-state index is 11.9. The Kier molecular flexibility index (Phi) is 5.23. The number of ether oxygens (including phenoxy) is 2. The molecule has 0 N–H and O–H groups in total. The molecule has 1 fully saturated rings. The largest absolute Gasteiger partial charge is 0.468 e. The van der Waals surface area contributed by atoms with Gasteiger partial charge in [0.05, 0.1) is 25.4 Å². The van der Waals surface area contributed by atoms with E-state index in [1.54, 1.807) is 0 Å². The smallest absolute Gasteiger partial charge is 0.466 e. The van der Waals surface area contributed by atoms with Crippen molar-refractivity contribution < 1.29 is 28.4 Å². The molecule has 21 heavy (non-hydrogen) atoms. The van der Waals surface area contributed by atoms with E-state index in [0.717, 1.165) is 0 Å². The maximum absolute atomic E-state index is 11.9. The minimum absolute atomic E-state index is 0.574. The quantitative estimate of drug-likeness (QED) is 0.332. The van der Waals surface area contributed by atoms with Crippen LogP contribution in [0.5, 0.6) is 0 Å². The first-order valence-corrected chi connectivity index (χ1v) is 6.75. The average molecular weight is 298 g/mol. The molecule has 0 aliphatic carbocycles. The molecule has 1 heterocycles. The van der Waals surface area contributed by atoms with E-state index < -0.39 is 42.0 Å². The molecule has 1 unspecified atom stereocenters. The van der Waals surface area contributed by atoms with Crippen LogP contribution < -0.4 is 0 Å². The lowest BCUT2D eigenvalue weighted by Gasteiger charge is -2.32. The third-order valence-corrected chi connectivity index (χ3v) is 4.15. The van der Waals surface area contributed by atoms with Crippen LogP contribution in [0.1, 0.15) is 27.7 Å². The van der Waals surface area contributed by atoms with Crippen molar-refractivity contribution in [1.82, 2.24) is 0 Å². The number of hydrogen-bond donors (Lipinski definition) is 0. The summed E-state index contributed by atoms with van der Waals surface area (Å²) in [7, 11) is 1.64. The van der Waals surface area contributed by atoms with Crippen LogP contribution in [0.4, 0.5) is 0 Å². The van der Waals surface area contributed by atoms with Gasteiger partial charge in [-0.15, -0.1) is 6.58 Å². The zero-order chi connectivity index (χ0) is 16.4. The minimum Gasteiger partial charge on any atom is -0.468 e. The molecule has 0 spiro atoms. The highest BCUT2D eigenvalue weighted by Gasteiger charge is 2.56. The summed E-state index contributed by atoms with van der Waals surface area (Å²) in [5, 5.41) is 0. The molecule has 0 aromatic carbocycles. The van der Waals surface area contributed by atoms with Crippen molar-refractivity contribution in [2.45, 2.75) is 44.7 Å². The molecule has 1 saturated heterocycles. The zero-order valence-electron chi connectivity index (χ0n) is 13.5. The second-order valence-corrected chi connectivity index (χ2v) is 5.96. The van der Waals surface area contributed by atoms with E-state index in [2.05, 4.69) is 16.1 Å². The van der Waals surface area contributed by atoms with Crippen molar-refractivity contribution in [3.8, 4) is 0 Å². The summed E-state index contributed by atoms with van der Waals surface area (Å²) in [5.74, 6) is -3.29. The van der Waals surface area contributed by atoms with Crippen LogP contribution in [0.2, 0.25) is 5.82 Å². The Bertz CT molecular complexity index is 399. The number of esters is 2. The first-order chi connectivity index (χ1) is 9.61. The van der Waals surface area contributed by atoms with E-state index in [1.165, 1.54) is 20.3 Å². The molecule has 0 aromatic rings. The number of hydrogen-bond acceptors (Lipinski definition) is 6. The highest BCUT2D eigenvalue weighted by molar-refractivity contribution is 6.49. The molecule has 1 aliphatic rings. The highest BCUT2D eigenvalue weighted by atomic mass is 16.7. The average Bonchev–Trinajstić information content (AvgIpc) is 2.62. The lowest BCUT2D eigenvalue weighted by Crippen LogP contribution is -2.41. The Hall–Kier alpha value is -1.34. The number of carbonyl (C=O) groups excluding carboxylic acids is 2. The zero-order valence-corrected chi connectivity index (χ0v) is 13.5. The van der Waals surface area contributed by atoms with Crippen LogP contribution in [-0.2, 0) is 28.4 Å². The molecule has 0 bridgehead atoms. The van der Waals surface area contributed by atoms with Gasteiger partial charge in [0.1, 0.15) is 0 Å². The van der Waals surface area contributed by atoms with Gasteiger partial charge < -0.3 is 18.8 Å². The monoisotopic (exact) mass is 298 g/mol. The summed E-state index contributed by atoms with van der Waals surface area (Å²) >= 11 is 0. The molecule has 118 valence electrons. The van der Waals surface area contributed by atoms with E-state index in [9.17, 15) is 9.59 Å². The van der Waals surface area contributed by atoms with E-state index in [-0.39, 0.29) is 0 Å². The standard InChI is InChI=1S/C14H23BO6/c1-8-9(10(11(16)18-6)12(17)19-7)15-20-13(2,3)14(4,5)21-15/h8-10H,1H2,2-7H3. The highest BCUT2D eigenvalue weighted by Crippen LogP contribution is 2.42. The van der Waals surface area contributed by atoms with Crippen molar-refractivity contribution in [1.29, 1.82) is 0 Å². The van der Waals surface area contributed by atoms with Crippen LogP contribution in [-0.4, -0.2) is 44.5 Å². The lowest BCUT2D eigenvalue weighted by atomic mass is 9.64. The van der Waals surface area contributed by atoms with Crippen molar-refractivity contribution in [2.75, 3.05) is 14.2 Å². The van der Waals surface area contributed by atoms with E-state index in [1.807, 2.05) is 27.7 Å². The van der Waals surface area contributed by atoms with Crippen LogP contribution >= 0.6 is 0 Å². The molecule has 0 amide bonds. The van der Waals surface area contributed by atoms with Gasteiger partial charge >= 0.3 is 19.1 Å². The Morgan fingerprint density at radius 2 is 1.43 bits per heavy atom. The minimum atomic E-state index is -1.17. The first kappa shape index (κ1) is 17.7. The van der Waals surface area contributed by atoms with Crippen LogP contribution in [0.15, 0.2) is 12.7 Å². The molecular weight excluding hydrogens is 275 g/mol. The van der Waals surface area contributed by atoms with Crippen molar-refractivity contribution in [3.05, 3.63) is 12.7 Å². The SMILES string of the molecule is C=CC(B1OC(C)(C)C(C)(C)O1)C(C(=O)OC)C(=O)OC. The van der Waals surface area contributed by atoms with Gasteiger partial charge in [-0.05, 0) is 27.7 Å². The van der Waals surface area contributed by atoms with Crippen LogP contribution in [0.3, 0.4) is 0 Å². The predicted molar refractivity (Wildman–Crippen MR) is 77.6 cm³/mol. The molecule has 0 aromatic heterocycles. The Morgan fingerprint density at radius 3 is 1.71 bits per heavy atom. The Labute approximate surface area is 125 Å². The van der Waals surface area contributed by atoms with Gasteiger partial charge in [0, 0.05) is 5.82 Å². The summed E-state index contributed by atoms with van der Waals surface area (Å²) in [4.78, 5) is 23.8. The first-order valence-electron chi connectivity index (χ1n) is 6.75. The third-order valence-electron chi connectivity index (χ3n) is 4.15. The Morgan fingerprint density at radius 1 is 1.05 bits per heavy atom. The van der Waals surface area contributed by atoms with Crippen molar-refractivity contribution >= 4 is 19.1 Å². The molecule has 1 aliphatic heterocycles. The van der Waals surface area contributed by atoms with Gasteiger partial charge in [-0.1, -0.05) is 6.08 Å². The summed E-state index contributed by atoms with van der Waals surface area (Å²) in [6, 6.07) is 0. The van der Waals surface area contributed by atoms with Gasteiger partial charge in [-0.3, -0.25) is 9.59 Å². The fraction of sp³-hybridized carbons (Fsp3) is 0.714. The molecule has 7 heteroatoms. The second kappa shape index (κ2) is 6.19. The summed E-state index contributed by atoms with van der Waals surface area (Å²) in [5.41, 5.74) is -1.15. The number of methoxy groups -OCH3 is 2. The fourth-order valence-corrected chi connectivity index (χ4v) is 2.11.